The predicted octanol–water partition coefficient (Wildman–Crippen LogP) is 2.53. The number of benzene rings is 1. The highest BCUT2D eigenvalue weighted by atomic mass is 16.3. The minimum Gasteiger partial charge on any atom is -0.507 e. The van der Waals surface area contributed by atoms with Crippen molar-refractivity contribution in [2.45, 2.75) is 69.4 Å². The third-order valence-electron chi connectivity index (χ3n) is 7.95. The monoisotopic (exact) mass is 368 g/mol. The van der Waals surface area contributed by atoms with Crippen molar-refractivity contribution >= 4 is 11.7 Å². The maximum atomic E-state index is 12.5. The number of aromatic hydroxyl groups is 1. The Bertz CT molecular complexity index is 831. The van der Waals surface area contributed by atoms with Gasteiger partial charge in [0.1, 0.15) is 11.5 Å². The van der Waals surface area contributed by atoms with Gasteiger partial charge in [-0.25, -0.2) is 0 Å². The van der Waals surface area contributed by atoms with Gasteiger partial charge >= 0.3 is 0 Å². The quantitative estimate of drug-likeness (QED) is 0.859. The van der Waals surface area contributed by atoms with Crippen LogP contribution in [0.1, 0.15) is 66.9 Å². The van der Waals surface area contributed by atoms with Gasteiger partial charge in [0, 0.05) is 35.9 Å². The van der Waals surface area contributed by atoms with E-state index in [1.165, 1.54) is 12.8 Å². The van der Waals surface area contributed by atoms with Crippen molar-refractivity contribution in [2.24, 2.45) is 17.6 Å². The van der Waals surface area contributed by atoms with E-state index in [4.69, 9.17) is 5.73 Å². The van der Waals surface area contributed by atoms with Crippen LogP contribution < -0.4 is 5.73 Å². The van der Waals surface area contributed by atoms with E-state index in [1.54, 1.807) is 6.07 Å². The van der Waals surface area contributed by atoms with Crippen LogP contribution in [0.4, 0.5) is 0 Å². The molecule has 1 amide bonds. The van der Waals surface area contributed by atoms with E-state index in [1.807, 2.05) is 6.07 Å². The van der Waals surface area contributed by atoms with Gasteiger partial charge in [0.05, 0.1) is 5.56 Å². The molecule has 27 heavy (non-hydrogen) atoms. The molecule has 4 atom stereocenters. The molecule has 2 unspecified atom stereocenters. The molecule has 0 spiro atoms. The van der Waals surface area contributed by atoms with Gasteiger partial charge in [-0.3, -0.25) is 14.5 Å². The van der Waals surface area contributed by atoms with Gasteiger partial charge in [-0.05, 0) is 69.0 Å². The van der Waals surface area contributed by atoms with Gasteiger partial charge in [-0.1, -0.05) is 6.07 Å². The molecular formula is C22H28N2O3. The normalized spacial score (nSPS) is 33.9. The number of nitrogens with zero attached hydrogens (tertiary/aromatic N) is 1. The molecule has 1 aliphatic heterocycles. The fraction of sp³-hybridized carbons (Fsp3) is 0.636. The Morgan fingerprint density at radius 3 is 2.81 bits per heavy atom. The lowest BCUT2D eigenvalue weighted by Crippen LogP contribution is -2.63. The van der Waals surface area contributed by atoms with E-state index in [2.05, 4.69) is 11.8 Å². The molecule has 144 valence electrons. The van der Waals surface area contributed by atoms with Crippen LogP contribution in [0.3, 0.4) is 0 Å². The van der Waals surface area contributed by atoms with Crippen LogP contribution >= 0.6 is 0 Å². The van der Waals surface area contributed by atoms with Gasteiger partial charge < -0.3 is 10.8 Å². The standard InChI is InChI=1S/C22H28N2O3/c1-12(13-2-3-13)24-9-8-22-11-15(25)5-7-17(22)18(24)10-14-4-6-16(21(23)27)20(26)19(14)22/h4,6,12-13,17-18,26H,2-3,5,7-11H2,1H3,(H2,23,27)/t12-,17?,18+,22?/m0/s1. The number of likely N-dealkylation sites (tertiary alicyclic amines) is 1. The number of rotatable bonds is 3. The van der Waals surface area contributed by atoms with Crippen molar-refractivity contribution in [1.29, 1.82) is 0 Å². The summed E-state index contributed by atoms with van der Waals surface area (Å²) >= 11 is 0. The van der Waals surface area contributed by atoms with Gasteiger partial charge in [-0.15, -0.1) is 0 Å². The summed E-state index contributed by atoms with van der Waals surface area (Å²) in [7, 11) is 0. The Labute approximate surface area is 159 Å². The van der Waals surface area contributed by atoms with Crippen molar-refractivity contribution in [3.63, 3.8) is 0 Å². The average Bonchev–Trinajstić information content (AvgIpc) is 3.45. The SMILES string of the molecule is C[C@@H](C1CC1)N1CCC23CC(=O)CCC2[C@H]1Cc1ccc(C(N)=O)c(O)c13. The minimum atomic E-state index is -0.604. The molecule has 0 aromatic heterocycles. The number of amides is 1. The molecule has 5 heteroatoms. The van der Waals surface area contributed by atoms with Crippen LogP contribution in [0.15, 0.2) is 12.1 Å². The van der Waals surface area contributed by atoms with E-state index >= 15 is 0 Å². The first kappa shape index (κ1) is 17.2. The van der Waals surface area contributed by atoms with Gasteiger partial charge in [0.15, 0.2) is 0 Å². The summed E-state index contributed by atoms with van der Waals surface area (Å²) in [6.45, 7) is 3.33. The summed E-state index contributed by atoms with van der Waals surface area (Å²) in [6.07, 6.45) is 6.44. The summed E-state index contributed by atoms with van der Waals surface area (Å²) in [5.41, 5.74) is 7.31. The third kappa shape index (κ3) is 2.40. The first-order valence-corrected chi connectivity index (χ1v) is 10.3. The smallest absolute Gasteiger partial charge is 0.252 e. The van der Waals surface area contributed by atoms with Crippen molar-refractivity contribution in [3.05, 3.63) is 28.8 Å². The lowest BCUT2D eigenvalue weighted by Gasteiger charge is -2.60. The maximum Gasteiger partial charge on any atom is 0.252 e. The third-order valence-corrected chi connectivity index (χ3v) is 7.95. The molecule has 1 aromatic rings. The number of primary amides is 1. The van der Waals surface area contributed by atoms with E-state index in [-0.39, 0.29) is 22.5 Å². The second kappa shape index (κ2) is 5.81. The number of ketones is 1. The zero-order valence-corrected chi connectivity index (χ0v) is 15.9. The van der Waals surface area contributed by atoms with Gasteiger partial charge in [0.25, 0.3) is 5.91 Å². The van der Waals surface area contributed by atoms with Gasteiger partial charge in [0.2, 0.25) is 0 Å². The number of phenols is 1. The first-order chi connectivity index (χ1) is 12.9. The van der Waals surface area contributed by atoms with E-state index in [9.17, 15) is 14.7 Å². The molecule has 1 aromatic carbocycles. The van der Waals surface area contributed by atoms with Crippen LogP contribution in [0.25, 0.3) is 0 Å². The van der Waals surface area contributed by atoms with Crippen LogP contribution in [0.2, 0.25) is 0 Å². The number of fused-ring (bicyclic) bond motifs is 1. The molecule has 0 radical (unpaired) electrons. The van der Waals surface area contributed by atoms with E-state index in [0.29, 0.717) is 30.8 Å². The van der Waals surface area contributed by atoms with Crippen molar-refractivity contribution in [1.82, 2.24) is 4.90 Å². The molecule has 3 N–H and O–H groups in total. The predicted molar refractivity (Wildman–Crippen MR) is 102 cm³/mol. The lowest BCUT2D eigenvalue weighted by molar-refractivity contribution is -0.128. The molecule has 5 rings (SSSR count). The highest BCUT2D eigenvalue weighted by molar-refractivity contribution is 5.96. The molecule has 3 aliphatic carbocycles. The maximum absolute atomic E-state index is 12.5. The second-order valence-electron chi connectivity index (χ2n) is 9.21. The lowest BCUT2D eigenvalue weighted by atomic mass is 9.51. The summed E-state index contributed by atoms with van der Waals surface area (Å²) in [6, 6.07) is 4.63. The molecule has 1 saturated heterocycles. The number of nitrogens with two attached hydrogens (primary N) is 1. The fourth-order valence-electron chi connectivity index (χ4n) is 6.52. The number of Topliss-reactive ketones (excluding diaryl/α,β-unsaturated/α-hetero) is 1. The Morgan fingerprint density at radius 1 is 1.33 bits per heavy atom. The average molecular weight is 368 g/mol. The largest absolute Gasteiger partial charge is 0.507 e. The van der Waals surface area contributed by atoms with E-state index in [0.717, 1.165) is 42.9 Å². The van der Waals surface area contributed by atoms with Crippen molar-refractivity contribution < 1.29 is 14.7 Å². The minimum absolute atomic E-state index is 0.0295. The number of carbonyl (C=O) groups is 2. The fourth-order valence-corrected chi connectivity index (χ4v) is 6.52. The molecular weight excluding hydrogens is 340 g/mol. The Hall–Kier alpha value is -1.88. The number of hydrogen-bond acceptors (Lipinski definition) is 4. The molecule has 4 aliphatic rings. The zero-order chi connectivity index (χ0) is 18.9. The topological polar surface area (TPSA) is 83.6 Å². The summed E-state index contributed by atoms with van der Waals surface area (Å²) in [5, 5.41) is 11.0. The summed E-state index contributed by atoms with van der Waals surface area (Å²) < 4.78 is 0. The Balaban J connectivity index is 1.65. The zero-order valence-electron chi connectivity index (χ0n) is 15.9. The Kier molecular flexibility index (Phi) is 3.71. The number of carbonyl (C=O) groups excluding carboxylic acids is 2. The van der Waals surface area contributed by atoms with Crippen LogP contribution in [0, 0.1) is 11.8 Å². The van der Waals surface area contributed by atoms with Crippen LogP contribution in [-0.4, -0.2) is 40.3 Å². The summed E-state index contributed by atoms with van der Waals surface area (Å²) in [4.78, 5) is 27.0. The van der Waals surface area contributed by atoms with Crippen LogP contribution in [-0.2, 0) is 16.6 Å². The molecule has 3 fully saturated rings. The van der Waals surface area contributed by atoms with Crippen molar-refractivity contribution in [3.8, 4) is 5.75 Å². The molecule has 1 heterocycles. The Morgan fingerprint density at radius 2 is 2.11 bits per heavy atom. The highest BCUT2D eigenvalue weighted by Gasteiger charge is 2.58. The van der Waals surface area contributed by atoms with Crippen LogP contribution in [0.5, 0.6) is 5.75 Å². The molecule has 5 nitrogen and oxygen atoms in total. The number of hydrogen-bond donors (Lipinski definition) is 2. The first-order valence-electron chi connectivity index (χ1n) is 10.3. The second-order valence-corrected chi connectivity index (χ2v) is 9.21. The number of piperidine rings is 1. The van der Waals surface area contributed by atoms with Crippen molar-refractivity contribution in [2.75, 3.05) is 6.54 Å². The highest BCUT2D eigenvalue weighted by Crippen LogP contribution is 2.58. The molecule has 2 bridgehead atoms. The van der Waals surface area contributed by atoms with E-state index < -0.39 is 5.91 Å². The molecule has 2 saturated carbocycles. The summed E-state index contributed by atoms with van der Waals surface area (Å²) in [5.74, 6) is 0.890. The van der Waals surface area contributed by atoms with Gasteiger partial charge in [-0.2, -0.15) is 0 Å².